The Morgan fingerprint density at radius 2 is 1.52 bits per heavy atom. The molecule has 1 aliphatic heterocycles. The zero-order valence-electron chi connectivity index (χ0n) is 18.2. The van der Waals surface area contributed by atoms with E-state index in [1.54, 1.807) is 24.3 Å². The van der Waals surface area contributed by atoms with Gasteiger partial charge in [0.25, 0.3) is 0 Å². The Morgan fingerprint density at radius 1 is 0.903 bits per heavy atom. The molecule has 0 radical (unpaired) electrons. The minimum atomic E-state index is -0.726. The summed E-state index contributed by atoms with van der Waals surface area (Å²) in [5, 5.41) is 8.03. The summed E-state index contributed by atoms with van der Waals surface area (Å²) in [5.74, 6) is -1.58. The summed E-state index contributed by atoms with van der Waals surface area (Å²) in [6.07, 6.45) is 1.98. The van der Waals surface area contributed by atoms with E-state index in [2.05, 4.69) is 32.8 Å². The lowest BCUT2D eigenvalue weighted by molar-refractivity contribution is -0.136. The van der Waals surface area contributed by atoms with Gasteiger partial charge in [0, 0.05) is 70.0 Å². The van der Waals surface area contributed by atoms with E-state index in [0.717, 1.165) is 31.9 Å². The fourth-order valence-corrected chi connectivity index (χ4v) is 3.67. The molecule has 31 heavy (non-hydrogen) atoms. The third-order valence-corrected chi connectivity index (χ3v) is 5.43. The third-order valence-electron chi connectivity index (χ3n) is 5.43. The Bertz CT molecular complexity index is 916. The van der Waals surface area contributed by atoms with E-state index in [9.17, 15) is 14.4 Å². The monoisotopic (exact) mass is 426 g/mol. The van der Waals surface area contributed by atoms with Crippen molar-refractivity contribution in [2.45, 2.75) is 13.0 Å². The molecule has 1 aromatic carbocycles. The molecule has 1 atom stereocenters. The Kier molecular flexibility index (Phi) is 7.43. The van der Waals surface area contributed by atoms with Gasteiger partial charge in [-0.25, -0.2) is 0 Å². The van der Waals surface area contributed by atoms with Crippen LogP contribution in [0.2, 0.25) is 0 Å². The van der Waals surface area contributed by atoms with Gasteiger partial charge in [0.05, 0.1) is 6.04 Å². The highest BCUT2D eigenvalue weighted by Gasteiger charge is 2.26. The summed E-state index contributed by atoms with van der Waals surface area (Å²) in [6, 6.07) is 10.6. The summed E-state index contributed by atoms with van der Waals surface area (Å²) in [7, 11) is 4.08. The first-order valence-electron chi connectivity index (χ1n) is 10.3. The number of aryl methyl sites for hydroxylation is 1. The molecule has 0 spiro atoms. The summed E-state index contributed by atoms with van der Waals surface area (Å²) < 4.78 is 2.05. The number of aromatic nitrogens is 1. The lowest BCUT2D eigenvalue weighted by Crippen LogP contribution is -2.49. The molecule has 1 unspecified atom stereocenters. The predicted molar refractivity (Wildman–Crippen MR) is 120 cm³/mol. The number of piperazine rings is 1. The number of likely N-dealkylation sites (N-methyl/N-ethyl adjacent to an activating group) is 1. The fraction of sp³-hybridized carbons (Fsp3) is 0.409. The molecule has 2 heterocycles. The maximum Gasteiger partial charge on any atom is 0.313 e. The quantitative estimate of drug-likeness (QED) is 0.600. The van der Waals surface area contributed by atoms with Crippen molar-refractivity contribution in [2.75, 3.05) is 50.4 Å². The number of carbonyl (C=O) groups excluding carboxylic acids is 3. The summed E-state index contributed by atoms with van der Waals surface area (Å²) in [6.45, 7) is 5.48. The van der Waals surface area contributed by atoms with Gasteiger partial charge in [-0.05, 0) is 43.4 Å². The zero-order chi connectivity index (χ0) is 22.4. The van der Waals surface area contributed by atoms with Gasteiger partial charge in [0.1, 0.15) is 0 Å². The topological polar surface area (TPSA) is 98.7 Å². The van der Waals surface area contributed by atoms with Crippen molar-refractivity contribution in [3.05, 3.63) is 48.3 Å². The van der Waals surface area contributed by atoms with Gasteiger partial charge in [-0.2, -0.15) is 0 Å². The Hall–Kier alpha value is -3.17. The highest BCUT2D eigenvalue weighted by Crippen LogP contribution is 2.21. The lowest BCUT2D eigenvalue weighted by Gasteiger charge is -2.38. The number of rotatable bonds is 6. The minimum absolute atomic E-state index is 0.0117. The van der Waals surface area contributed by atoms with Gasteiger partial charge in [-0.1, -0.05) is 0 Å². The van der Waals surface area contributed by atoms with Crippen LogP contribution in [0.5, 0.6) is 0 Å². The minimum Gasteiger partial charge on any atom is -0.353 e. The van der Waals surface area contributed by atoms with E-state index in [4.69, 9.17) is 0 Å². The summed E-state index contributed by atoms with van der Waals surface area (Å²) in [5.41, 5.74) is 2.19. The van der Waals surface area contributed by atoms with Gasteiger partial charge in [0.15, 0.2) is 0 Å². The van der Waals surface area contributed by atoms with Crippen LogP contribution < -0.4 is 16.0 Å². The molecule has 2 aromatic rings. The van der Waals surface area contributed by atoms with Crippen molar-refractivity contribution >= 4 is 29.1 Å². The second kappa shape index (κ2) is 10.2. The van der Waals surface area contributed by atoms with Crippen LogP contribution in [0.1, 0.15) is 18.7 Å². The highest BCUT2D eigenvalue weighted by molar-refractivity contribution is 6.39. The molecule has 9 nitrogen and oxygen atoms in total. The Morgan fingerprint density at radius 3 is 2.06 bits per heavy atom. The average molecular weight is 427 g/mol. The number of amides is 3. The average Bonchev–Trinajstić information content (AvgIpc) is 3.16. The predicted octanol–water partition coefficient (Wildman–Crippen LogP) is 1.03. The molecule has 0 saturated carbocycles. The number of nitrogens with zero attached hydrogens (tertiary/aromatic N) is 3. The summed E-state index contributed by atoms with van der Waals surface area (Å²) in [4.78, 5) is 40.5. The number of benzene rings is 1. The molecule has 1 fully saturated rings. The van der Waals surface area contributed by atoms with E-state index >= 15 is 0 Å². The maximum atomic E-state index is 12.4. The standard InChI is InChI=1S/C22H30N6O3/c1-16(29)24-17-6-8-18(9-7-17)25-22(31)21(30)23-15-20(19-5-4-10-27(19)3)28-13-11-26(2)12-14-28/h4-10,20H,11-15H2,1-3H3,(H,23,30)(H,24,29)(H,25,31). The maximum absolute atomic E-state index is 12.4. The number of carbonyl (C=O) groups is 3. The number of nitrogens with one attached hydrogen (secondary N) is 3. The van der Waals surface area contributed by atoms with Crippen molar-refractivity contribution in [2.24, 2.45) is 7.05 Å². The first kappa shape index (κ1) is 22.5. The van der Waals surface area contributed by atoms with Crippen LogP contribution in [0.25, 0.3) is 0 Å². The van der Waals surface area contributed by atoms with E-state index in [1.807, 2.05) is 29.9 Å². The van der Waals surface area contributed by atoms with Crippen LogP contribution in [0.4, 0.5) is 11.4 Å². The van der Waals surface area contributed by atoms with Crippen LogP contribution in [0.15, 0.2) is 42.6 Å². The van der Waals surface area contributed by atoms with Crippen molar-refractivity contribution in [3.63, 3.8) is 0 Å². The molecule has 9 heteroatoms. The fourth-order valence-electron chi connectivity index (χ4n) is 3.67. The lowest BCUT2D eigenvalue weighted by atomic mass is 10.1. The van der Waals surface area contributed by atoms with Crippen LogP contribution in [0.3, 0.4) is 0 Å². The van der Waals surface area contributed by atoms with E-state index in [-0.39, 0.29) is 11.9 Å². The number of hydrogen-bond donors (Lipinski definition) is 3. The van der Waals surface area contributed by atoms with Crippen LogP contribution in [-0.2, 0) is 21.4 Å². The van der Waals surface area contributed by atoms with Crippen molar-refractivity contribution in [1.29, 1.82) is 0 Å². The first-order valence-corrected chi connectivity index (χ1v) is 10.3. The van der Waals surface area contributed by atoms with Crippen LogP contribution in [-0.4, -0.2) is 71.9 Å². The van der Waals surface area contributed by atoms with Crippen molar-refractivity contribution in [1.82, 2.24) is 19.7 Å². The Balaban J connectivity index is 1.59. The summed E-state index contributed by atoms with van der Waals surface area (Å²) >= 11 is 0. The van der Waals surface area contributed by atoms with E-state index in [0.29, 0.717) is 17.9 Å². The first-order chi connectivity index (χ1) is 14.8. The smallest absolute Gasteiger partial charge is 0.313 e. The SMILES string of the molecule is CC(=O)Nc1ccc(NC(=O)C(=O)NCC(c2cccn2C)N2CCN(C)CC2)cc1. The molecule has 166 valence electrons. The molecule has 3 amide bonds. The Labute approximate surface area is 182 Å². The van der Waals surface area contributed by atoms with E-state index < -0.39 is 11.8 Å². The van der Waals surface area contributed by atoms with Gasteiger partial charge in [0.2, 0.25) is 5.91 Å². The molecular formula is C22H30N6O3. The van der Waals surface area contributed by atoms with Gasteiger partial charge in [-0.3, -0.25) is 19.3 Å². The van der Waals surface area contributed by atoms with Gasteiger partial charge >= 0.3 is 11.8 Å². The molecule has 1 saturated heterocycles. The largest absolute Gasteiger partial charge is 0.353 e. The van der Waals surface area contributed by atoms with Crippen LogP contribution >= 0.6 is 0 Å². The van der Waals surface area contributed by atoms with Crippen LogP contribution in [0, 0.1) is 0 Å². The van der Waals surface area contributed by atoms with Crippen molar-refractivity contribution < 1.29 is 14.4 Å². The molecule has 3 rings (SSSR count). The third kappa shape index (κ3) is 6.16. The second-order valence-corrected chi connectivity index (χ2v) is 7.82. The van der Waals surface area contributed by atoms with Gasteiger partial charge in [-0.15, -0.1) is 0 Å². The second-order valence-electron chi connectivity index (χ2n) is 7.82. The van der Waals surface area contributed by atoms with Gasteiger partial charge < -0.3 is 25.4 Å². The molecule has 0 aliphatic carbocycles. The zero-order valence-corrected chi connectivity index (χ0v) is 18.2. The van der Waals surface area contributed by atoms with Crippen molar-refractivity contribution in [3.8, 4) is 0 Å². The molecule has 1 aromatic heterocycles. The number of anilines is 2. The molecule has 0 bridgehead atoms. The number of hydrogen-bond acceptors (Lipinski definition) is 5. The molecule has 1 aliphatic rings. The molecular weight excluding hydrogens is 396 g/mol. The molecule has 3 N–H and O–H groups in total. The normalized spacial score (nSPS) is 15.8. The highest BCUT2D eigenvalue weighted by atomic mass is 16.2. The van der Waals surface area contributed by atoms with E-state index in [1.165, 1.54) is 6.92 Å².